The van der Waals surface area contributed by atoms with E-state index >= 15 is 0 Å². The van der Waals surface area contributed by atoms with E-state index in [0.29, 0.717) is 11.3 Å². The maximum Gasteiger partial charge on any atom is 0.275 e. The lowest BCUT2D eigenvalue weighted by atomic mass is 10.1. The van der Waals surface area contributed by atoms with E-state index in [2.05, 4.69) is 15.9 Å². The van der Waals surface area contributed by atoms with E-state index < -0.39 is 4.92 Å². The van der Waals surface area contributed by atoms with E-state index in [0.717, 1.165) is 15.7 Å². The average Bonchev–Trinajstić information content (AvgIpc) is 2.91. The zero-order valence-electron chi connectivity index (χ0n) is 12.2. The topological polar surface area (TPSA) is 63.5 Å². The minimum absolute atomic E-state index is 0.0403. The second-order valence-electron chi connectivity index (χ2n) is 5.18. The molecule has 1 heterocycles. The molecule has 0 aliphatic carbocycles. The highest BCUT2D eigenvalue weighted by Crippen LogP contribution is 2.45. The summed E-state index contributed by atoms with van der Waals surface area (Å²) in [7, 11) is 0. The maximum atomic E-state index is 12.4. The third kappa shape index (κ3) is 2.98. The zero-order valence-corrected chi connectivity index (χ0v) is 14.6. The van der Waals surface area contributed by atoms with E-state index in [9.17, 15) is 14.9 Å². The summed E-state index contributed by atoms with van der Waals surface area (Å²) in [5.74, 6) is 0.270. The van der Waals surface area contributed by atoms with Gasteiger partial charge in [0.05, 0.1) is 16.2 Å². The minimum Gasteiger partial charge on any atom is -0.295 e. The Hall–Kier alpha value is -1.86. The second kappa shape index (κ2) is 6.33. The molecule has 0 aromatic heterocycles. The number of carbonyl (C=O) groups is 1. The second-order valence-corrected chi connectivity index (χ2v) is 7.10. The van der Waals surface area contributed by atoms with Crippen LogP contribution < -0.4 is 4.90 Å². The van der Waals surface area contributed by atoms with Crippen LogP contribution >= 0.6 is 27.7 Å². The Labute approximate surface area is 146 Å². The van der Waals surface area contributed by atoms with Crippen LogP contribution in [0.15, 0.2) is 46.9 Å². The van der Waals surface area contributed by atoms with Crippen molar-refractivity contribution in [3.63, 3.8) is 0 Å². The molecule has 23 heavy (non-hydrogen) atoms. The Morgan fingerprint density at radius 2 is 2.04 bits per heavy atom. The van der Waals surface area contributed by atoms with E-state index in [-0.39, 0.29) is 17.0 Å². The highest BCUT2D eigenvalue weighted by molar-refractivity contribution is 9.10. The first-order chi connectivity index (χ1) is 11.0. The Balaban J connectivity index is 2.07. The molecule has 7 heteroatoms. The van der Waals surface area contributed by atoms with Gasteiger partial charge in [0.1, 0.15) is 5.37 Å². The van der Waals surface area contributed by atoms with Gasteiger partial charge in [-0.05, 0) is 36.8 Å². The number of amides is 1. The fourth-order valence-corrected chi connectivity index (χ4v) is 4.03. The van der Waals surface area contributed by atoms with E-state index in [1.807, 2.05) is 25.1 Å². The van der Waals surface area contributed by atoms with Gasteiger partial charge in [0.25, 0.3) is 5.69 Å². The van der Waals surface area contributed by atoms with Gasteiger partial charge in [0.15, 0.2) is 0 Å². The monoisotopic (exact) mass is 392 g/mol. The standard InChI is InChI=1S/C16H13BrN2O3S/c1-10-8-11(6-7-13(10)17)18-15(20)9-23-16(18)12-4-2-3-5-14(12)19(21)22/h2-8,16H,9H2,1H3/t16-/m1/s1. The number of anilines is 1. The summed E-state index contributed by atoms with van der Waals surface area (Å²) in [6.45, 7) is 1.95. The SMILES string of the molecule is Cc1cc(N2C(=O)CS[C@@H]2c2ccccc2[N+](=O)[O-])ccc1Br. The molecule has 0 bridgehead atoms. The number of nitro benzene ring substituents is 1. The largest absolute Gasteiger partial charge is 0.295 e. The molecular formula is C16H13BrN2O3S. The molecule has 2 aromatic rings. The minimum atomic E-state index is -0.399. The van der Waals surface area contributed by atoms with Crippen molar-refractivity contribution in [3.8, 4) is 0 Å². The summed E-state index contributed by atoms with van der Waals surface area (Å²) < 4.78 is 0.961. The van der Waals surface area contributed by atoms with E-state index in [4.69, 9.17) is 0 Å². The van der Waals surface area contributed by atoms with Gasteiger partial charge in [0.2, 0.25) is 5.91 Å². The average molecular weight is 393 g/mol. The number of thioether (sulfide) groups is 1. The van der Waals surface area contributed by atoms with Crippen LogP contribution in [0.4, 0.5) is 11.4 Å². The molecule has 0 unspecified atom stereocenters. The number of nitrogens with zero attached hydrogens (tertiary/aromatic N) is 2. The van der Waals surface area contributed by atoms with Gasteiger partial charge in [-0.25, -0.2) is 0 Å². The predicted molar refractivity (Wildman–Crippen MR) is 94.7 cm³/mol. The molecule has 1 aliphatic rings. The zero-order chi connectivity index (χ0) is 16.6. The van der Waals surface area contributed by atoms with Crippen LogP contribution in [0.1, 0.15) is 16.5 Å². The van der Waals surface area contributed by atoms with Crippen molar-refractivity contribution >= 4 is 45.0 Å². The smallest absolute Gasteiger partial charge is 0.275 e. The van der Waals surface area contributed by atoms with Crippen molar-refractivity contribution in [2.75, 3.05) is 10.7 Å². The number of benzene rings is 2. The van der Waals surface area contributed by atoms with Crippen molar-refractivity contribution < 1.29 is 9.72 Å². The highest BCUT2D eigenvalue weighted by atomic mass is 79.9. The summed E-state index contributed by atoms with van der Waals surface area (Å²) >= 11 is 4.85. The number of halogens is 1. The molecule has 0 saturated carbocycles. The fourth-order valence-electron chi connectivity index (χ4n) is 2.57. The van der Waals surface area contributed by atoms with Crippen molar-refractivity contribution in [2.45, 2.75) is 12.3 Å². The van der Waals surface area contributed by atoms with Crippen molar-refractivity contribution in [2.24, 2.45) is 0 Å². The molecule has 1 amide bonds. The molecule has 1 atom stereocenters. The summed E-state index contributed by atoms with van der Waals surface area (Å²) in [6.07, 6.45) is 0. The molecular weight excluding hydrogens is 380 g/mol. The molecule has 1 saturated heterocycles. The number of hydrogen-bond donors (Lipinski definition) is 0. The Morgan fingerprint density at radius 3 is 2.74 bits per heavy atom. The summed E-state index contributed by atoms with van der Waals surface area (Å²) in [5.41, 5.74) is 2.35. The van der Waals surface area contributed by atoms with Crippen molar-refractivity contribution in [3.05, 3.63) is 68.2 Å². The quantitative estimate of drug-likeness (QED) is 0.571. The van der Waals surface area contributed by atoms with Crippen LogP contribution in [0.5, 0.6) is 0 Å². The van der Waals surface area contributed by atoms with Gasteiger partial charge < -0.3 is 0 Å². The van der Waals surface area contributed by atoms with E-state index in [1.165, 1.54) is 17.8 Å². The van der Waals surface area contributed by atoms with Crippen LogP contribution in [0, 0.1) is 17.0 Å². The molecule has 2 aromatic carbocycles. The summed E-state index contributed by atoms with van der Waals surface area (Å²) in [4.78, 5) is 24.9. The summed E-state index contributed by atoms with van der Waals surface area (Å²) in [6, 6.07) is 12.2. The maximum absolute atomic E-state index is 12.4. The van der Waals surface area contributed by atoms with Crippen LogP contribution in [-0.2, 0) is 4.79 Å². The molecule has 0 radical (unpaired) electrons. The first-order valence-corrected chi connectivity index (χ1v) is 8.76. The molecule has 1 fully saturated rings. The van der Waals surface area contributed by atoms with Crippen LogP contribution in [-0.4, -0.2) is 16.6 Å². The third-order valence-corrected chi connectivity index (χ3v) is 5.77. The first kappa shape index (κ1) is 16.0. The number of rotatable bonds is 3. The molecule has 1 aliphatic heterocycles. The first-order valence-electron chi connectivity index (χ1n) is 6.92. The Morgan fingerprint density at radius 1 is 1.30 bits per heavy atom. The molecule has 0 N–H and O–H groups in total. The predicted octanol–water partition coefficient (Wildman–Crippen LogP) is 4.44. The fraction of sp³-hybridized carbons (Fsp3) is 0.188. The Bertz CT molecular complexity index is 797. The highest BCUT2D eigenvalue weighted by Gasteiger charge is 2.37. The van der Waals surface area contributed by atoms with Crippen molar-refractivity contribution in [1.82, 2.24) is 0 Å². The normalized spacial score (nSPS) is 17.6. The summed E-state index contributed by atoms with van der Waals surface area (Å²) in [5, 5.41) is 10.9. The molecule has 0 spiro atoms. The van der Waals surface area contributed by atoms with Gasteiger partial charge in [-0.15, -0.1) is 11.8 Å². The third-order valence-electron chi connectivity index (χ3n) is 3.69. The van der Waals surface area contributed by atoms with Crippen LogP contribution in [0.3, 0.4) is 0 Å². The lowest BCUT2D eigenvalue weighted by molar-refractivity contribution is -0.385. The number of aryl methyl sites for hydroxylation is 1. The molecule has 3 rings (SSSR count). The molecule has 5 nitrogen and oxygen atoms in total. The van der Waals surface area contributed by atoms with Gasteiger partial charge in [-0.3, -0.25) is 19.8 Å². The van der Waals surface area contributed by atoms with Crippen LogP contribution in [0.25, 0.3) is 0 Å². The number of para-hydroxylation sites is 1. The number of carbonyl (C=O) groups excluding carboxylic acids is 1. The van der Waals surface area contributed by atoms with Gasteiger partial charge in [0, 0.05) is 16.2 Å². The van der Waals surface area contributed by atoms with Gasteiger partial charge >= 0.3 is 0 Å². The van der Waals surface area contributed by atoms with Gasteiger partial charge in [-0.2, -0.15) is 0 Å². The number of hydrogen-bond acceptors (Lipinski definition) is 4. The number of nitro groups is 1. The lowest BCUT2D eigenvalue weighted by Gasteiger charge is -2.24. The lowest BCUT2D eigenvalue weighted by Crippen LogP contribution is -2.28. The van der Waals surface area contributed by atoms with Crippen molar-refractivity contribution in [1.29, 1.82) is 0 Å². The van der Waals surface area contributed by atoms with Gasteiger partial charge in [-0.1, -0.05) is 28.1 Å². The Kier molecular flexibility index (Phi) is 4.41. The molecule has 118 valence electrons. The van der Waals surface area contributed by atoms with Crippen LogP contribution in [0.2, 0.25) is 0 Å². The van der Waals surface area contributed by atoms with E-state index in [1.54, 1.807) is 23.1 Å².